The summed E-state index contributed by atoms with van der Waals surface area (Å²) >= 11 is 2.88. The van der Waals surface area contributed by atoms with E-state index in [0.29, 0.717) is 10.9 Å². The summed E-state index contributed by atoms with van der Waals surface area (Å²) in [7, 11) is 1.75. The van der Waals surface area contributed by atoms with E-state index in [2.05, 4.69) is 42.0 Å². The van der Waals surface area contributed by atoms with Gasteiger partial charge in [0, 0.05) is 31.0 Å². The first-order valence-electron chi connectivity index (χ1n) is 7.46. The van der Waals surface area contributed by atoms with Crippen molar-refractivity contribution in [2.45, 2.75) is 19.0 Å². The van der Waals surface area contributed by atoms with Crippen LogP contribution in [0.1, 0.15) is 11.1 Å². The fraction of sp³-hybridized carbons (Fsp3) is 0.235. The molecule has 0 spiro atoms. The van der Waals surface area contributed by atoms with Crippen LogP contribution >= 0.6 is 23.1 Å². The van der Waals surface area contributed by atoms with Crippen molar-refractivity contribution < 1.29 is 4.79 Å². The second-order valence-corrected chi connectivity index (χ2v) is 7.24. The van der Waals surface area contributed by atoms with Gasteiger partial charge in [-0.2, -0.15) is 0 Å². The molecular weight excluding hydrogens is 340 g/mol. The Balaban J connectivity index is 1.74. The first kappa shape index (κ1) is 16.7. The van der Waals surface area contributed by atoms with Crippen molar-refractivity contribution >= 4 is 34.1 Å². The lowest BCUT2D eigenvalue weighted by Crippen LogP contribution is -2.27. The van der Waals surface area contributed by atoms with Crippen LogP contribution in [-0.4, -0.2) is 33.2 Å². The van der Waals surface area contributed by atoms with E-state index in [1.807, 2.05) is 16.1 Å². The quantitative estimate of drug-likeness (QED) is 0.653. The second-order valence-electron chi connectivity index (χ2n) is 5.43. The van der Waals surface area contributed by atoms with E-state index in [0.717, 1.165) is 10.8 Å². The standard InChI is InChI=1S/C17H18N4OS2/c1-12-4-5-13(2)14(10-12)21-8-6-18-17(21)24-11-15(22)20(3)16-19-7-9-23-16/h4-10H,11H2,1-3H3. The van der Waals surface area contributed by atoms with Gasteiger partial charge < -0.3 is 0 Å². The number of amides is 1. The molecule has 0 atom stereocenters. The smallest absolute Gasteiger partial charge is 0.238 e. The van der Waals surface area contributed by atoms with Gasteiger partial charge in [-0.1, -0.05) is 23.9 Å². The summed E-state index contributed by atoms with van der Waals surface area (Å²) in [6.07, 6.45) is 5.39. The van der Waals surface area contributed by atoms with Crippen molar-refractivity contribution in [2.75, 3.05) is 17.7 Å². The topological polar surface area (TPSA) is 51.0 Å². The number of thioether (sulfide) groups is 1. The van der Waals surface area contributed by atoms with Gasteiger partial charge in [0.15, 0.2) is 10.3 Å². The third kappa shape index (κ3) is 3.52. The molecule has 0 saturated carbocycles. The van der Waals surface area contributed by atoms with Gasteiger partial charge in [0.2, 0.25) is 5.91 Å². The van der Waals surface area contributed by atoms with Gasteiger partial charge in [-0.15, -0.1) is 11.3 Å². The van der Waals surface area contributed by atoms with Crippen LogP contribution in [-0.2, 0) is 4.79 Å². The summed E-state index contributed by atoms with van der Waals surface area (Å²) in [6, 6.07) is 6.32. The molecule has 5 nitrogen and oxygen atoms in total. The van der Waals surface area contributed by atoms with Crippen LogP contribution in [0.2, 0.25) is 0 Å². The molecule has 0 saturated heterocycles. The Morgan fingerprint density at radius 2 is 2.12 bits per heavy atom. The highest BCUT2D eigenvalue weighted by Gasteiger charge is 2.15. The van der Waals surface area contributed by atoms with E-state index in [4.69, 9.17) is 0 Å². The highest BCUT2D eigenvalue weighted by atomic mass is 32.2. The fourth-order valence-electron chi connectivity index (χ4n) is 2.27. The van der Waals surface area contributed by atoms with Crippen molar-refractivity contribution in [3.63, 3.8) is 0 Å². The lowest BCUT2D eigenvalue weighted by Gasteiger charge is -2.14. The molecule has 2 heterocycles. The molecule has 24 heavy (non-hydrogen) atoms. The minimum atomic E-state index is 0.00506. The zero-order chi connectivity index (χ0) is 17.1. The van der Waals surface area contributed by atoms with E-state index >= 15 is 0 Å². The van der Waals surface area contributed by atoms with E-state index in [1.54, 1.807) is 24.3 Å². The van der Waals surface area contributed by atoms with Gasteiger partial charge in [-0.25, -0.2) is 9.97 Å². The molecule has 124 valence electrons. The minimum Gasteiger partial charge on any atom is -0.295 e. The number of carbonyl (C=O) groups excluding carboxylic acids is 1. The number of anilines is 1. The number of hydrogen-bond donors (Lipinski definition) is 0. The van der Waals surface area contributed by atoms with E-state index in [-0.39, 0.29) is 5.91 Å². The molecule has 0 bridgehead atoms. The molecular formula is C17H18N4OS2. The average Bonchev–Trinajstić information content (AvgIpc) is 3.25. The van der Waals surface area contributed by atoms with Crippen molar-refractivity contribution in [2.24, 2.45) is 0 Å². The number of carbonyl (C=O) groups is 1. The Morgan fingerprint density at radius 3 is 2.88 bits per heavy atom. The Kier molecular flexibility index (Phi) is 5.01. The summed E-state index contributed by atoms with van der Waals surface area (Å²) in [5, 5.41) is 3.38. The zero-order valence-electron chi connectivity index (χ0n) is 13.8. The van der Waals surface area contributed by atoms with Gasteiger partial charge in [0.05, 0.1) is 11.4 Å². The molecule has 0 aliphatic rings. The molecule has 7 heteroatoms. The van der Waals surface area contributed by atoms with Crippen LogP contribution in [0.3, 0.4) is 0 Å². The van der Waals surface area contributed by atoms with E-state index in [1.165, 1.54) is 34.2 Å². The third-order valence-corrected chi connectivity index (χ3v) is 5.44. The average molecular weight is 358 g/mol. The zero-order valence-corrected chi connectivity index (χ0v) is 15.4. The van der Waals surface area contributed by atoms with Crippen LogP contribution in [0, 0.1) is 13.8 Å². The molecule has 0 unspecified atom stereocenters. The monoisotopic (exact) mass is 358 g/mol. The lowest BCUT2D eigenvalue weighted by molar-refractivity contribution is -0.115. The van der Waals surface area contributed by atoms with E-state index < -0.39 is 0 Å². The molecule has 0 fully saturated rings. The molecule has 0 radical (unpaired) electrons. The molecule has 0 aliphatic heterocycles. The maximum absolute atomic E-state index is 12.3. The van der Waals surface area contributed by atoms with Gasteiger partial charge in [0.1, 0.15) is 0 Å². The van der Waals surface area contributed by atoms with Gasteiger partial charge >= 0.3 is 0 Å². The Labute approximate surface area is 149 Å². The largest absolute Gasteiger partial charge is 0.295 e. The van der Waals surface area contributed by atoms with Crippen molar-refractivity contribution in [1.82, 2.24) is 14.5 Å². The fourth-order valence-corrected chi connectivity index (χ4v) is 3.78. The number of imidazole rings is 1. The highest BCUT2D eigenvalue weighted by molar-refractivity contribution is 7.99. The number of rotatable bonds is 5. The van der Waals surface area contributed by atoms with Gasteiger partial charge in [-0.3, -0.25) is 14.3 Å². The van der Waals surface area contributed by atoms with Crippen LogP contribution < -0.4 is 4.90 Å². The normalized spacial score (nSPS) is 10.8. The molecule has 1 aromatic carbocycles. The van der Waals surface area contributed by atoms with Crippen LogP contribution in [0.4, 0.5) is 5.13 Å². The molecule has 3 aromatic rings. The third-order valence-electron chi connectivity index (χ3n) is 3.64. The first-order chi connectivity index (χ1) is 11.6. The highest BCUT2D eigenvalue weighted by Crippen LogP contribution is 2.24. The van der Waals surface area contributed by atoms with Crippen LogP contribution in [0.15, 0.2) is 47.3 Å². The molecule has 2 aromatic heterocycles. The maximum atomic E-state index is 12.3. The number of benzene rings is 1. The summed E-state index contributed by atoms with van der Waals surface area (Å²) in [5.74, 6) is 0.322. The van der Waals surface area contributed by atoms with Crippen LogP contribution in [0.5, 0.6) is 0 Å². The molecule has 0 N–H and O–H groups in total. The summed E-state index contributed by atoms with van der Waals surface area (Å²) in [5.41, 5.74) is 3.46. The molecule has 0 aliphatic carbocycles. The number of thiazole rings is 1. The predicted octanol–water partition coefficient (Wildman–Crippen LogP) is 3.70. The predicted molar refractivity (Wildman–Crippen MR) is 99.3 cm³/mol. The number of hydrogen-bond acceptors (Lipinski definition) is 5. The summed E-state index contributed by atoms with van der Waals surface area (Å²) < 4.78 is 2.03. The summed E-state index contributed by atoms with van der Waals surface area (Å²) in [4.78, 5) is 22.5. The SMILES string of the molecule is Cc1ccc(C)c(-n2ccnc2SCC(=O)N(C)c2nccs2)c1. The van der Waals surface area contributed by atoms with Crippen molar-refractivity contribution in [3.8, 4) is 5.69 Å². The lowest BCUT2D eigenvalue weighted by atomic mass is 10.1. The van der Waals surface area contributed by atoms with Gasteiger partial charge in [0.25, 0.3) is 0 Å². The number of aryl methyl sites for hydroxylation is 2. The maximum Gasteiger partial charge on any atom is 0.238 e. The number of aromatic nitrogens is 3. The minimum absolute atomic E-state index is 0.00506. The number of nitrogens with zero attached hydrogens (tertiary/aromatic N) is 4. The molecule has 3 rings (SSSR count). The first-order valence-corrected chi connectivity index (χ1v) is 9.32. The van der Waals surface area contributed by atoms with Crippen molar-refractivity contribution in [3.05, 3.63) is 53.3 Å². The Hall–Kier alpha value is -2.12. The van der Waals surface area contributed by atoms with E-state index in [9.17, 15) is 4.79 Å². The van der Waals surface area contributed by atoms with Crippen molar-refractivity contribution in [1.29, 1.82) is 0 Å². The Bertz CT molecular complexity index is 842. The Morgan fingerprint density at radius 1 is 1.29 bits per heavy atom. The van der Waals surface area contributed by atoms with Gasteiger partial charge in [-0.05, 0) is 31.0 Å². The second kappa shape index (κ2) is 7.19. The molecule has 1 amide bonds. The summed E-state index contributed by atoms with van der Waals surface area (Å²) in [6.45, 7) is 4.14. The van der Waals surface area contributed by atoms with Crippen LogP contribution in [0.25, 0.3) is 5.69 Å².